The van der Waals surface area contributed by atoms with Crippen LogP contribution < -0.4 is 4.72 Å². The topological polar surface area (TPSA) is 89.5 Å². The van der Waals surface area contributed by atoms with Crippen LogP contribution in [0, 0.1) is 0 Å². The minimum Gasteiger partial charge on any atom is -0.267 e. The fraction of sp³-hybridized carbons (Fsp3) is 0.0638. The highest BCUT2D eigenvalue weighted by Crippen LogP contribution is 2.49. The van der Waals surface area contributed by atoms with Gasteiger partial charge in [0.25, 0.3) is 10.1 Å². The van der Waals surface area contributed by atoms with E-state index < -0.39 is 20.1 Å². The van der Waals surface area contributed by atoms with Gasteiger partial charge in [-0.3, -0.25) is 4.18 Å². The van der Waals surface area contributed by atoms with E-state index in [9.17, 15) is 16.8 Å². The lowest BCUT2D eigenvalue weighted by Crippen LogP contribution is -2.21. The van der Waals surface area contributed by atoms with Crippen LogP contribution in [0.1, 0.15) is 6.92 Å². The van der Waals surface area contributed by atoms with E-state index in [4.69, 9.17) is 4.18 Å². The Morgan fingerprint density at radius 3 is 1.25 bits per heavy atom. The zero-order valence-corrected chi connectivity index (χ0v) is 31.9. The Bertz CT molecular complexity index is 2910. The second-order valence-electron chi connectivity index (χ2n) is 13.2. The van der Waals surface area contributed by atoms with Crippen LogP contribution >= 0.6 is 0 Å². The molecule has 0 aliphatic rings. The molecule has 0 unspecified atom stereocenters. The summed E-state index contributed by atoms with van der Waals surface area (Å²) >= 11 is 0. The van der Waals surface area contributed by atoms with Gasteiger partial charge in [0.1, 0.15) is 4.90 Å². The lowest BCUT2D eigenvalue weighted by atomic mass is 9.87. The summed E-state index contributed by atoms with van der Waals surface area (Å²) in [4.78, 5) is -0.134. The summed E-state index contributed by atoms with van der Waals surface area (Å²) in [6.07, 6.45) is 0. The van der Waals surface area contributed by atoms with Crippen LogP contribution in [0.2, 0.25) is 0 Å². The molecule has 8 aromatic carbocycles. The Labute approximate surface area is 321 Å². The Hall–Kier alpha value is -5.90. The van der Waals surface area contributed by atoms with Crippen molar-refractivity contribution in [2.75, 3.05) is 13.7 Å². The normalized spacial score (nSPS) is 12.0. The van der Waals surface area contributed by atoms with Gasteiger partial charge in [0.05, 0.1) is 11.5 Å². The molecule has 0 saturated heterocycles. The molecule has 0 aliphatic carbocycles. The molecule has 0 saturated carbocycles. The molecule has 0 amide bonds. The first-order valence-corrected chi connectivity index (χ1v) is 20.9. The van der Waals surface area contributed by atoms with E-state index in [0.29, 0.717) is 33.0 Å². The summed E-state index contributed by atoms with van der Waals surface area (Å²) in [7, 11) is -7.37. The van der Waals surface area contributed by atoms with Crippen molar-refractivity contribution >= 4 is 41.7 Å². The summed E-state index contributed by atoms with van der Waals surface area (Å²) in [5, 5.41) is 2.64. The van der Waals surface area contributed by atoms with Gasteiger partial charge in [0, 0.05) is 22.3 Å². The molecule has 55 heavy (non-hydrogen) atoms. The summed E-state index contributed by atoms with van der Waals surface area (Å²) in [5.41, 5.74) is 6.66. The third-order valence-electron chi connectivity index (χ3n) is 9.92. The van der Waals surface area contributed by atoms with Crippen molar-refractivity contribution in [1.82, 2.24) is 4.72 Å². The Balaban J connectivity index is 1.51. The number of hydrogen-bond donors (Lipinski definition) is 1. The molecular weight excluding hydrogens is 723 g/mol. The van der Waals surface area contributed by atoms with Gasteiger partial charge in [0.2, 0.25) is 10.0 Å². The number of hydrogen-bond acceptors (Lipinski definition) is 5. The molecule has 8 heteroatoms. The summed E-state index contributed by atoms with van der Waals surface area (Å²) < 4.78 is 66.7. The fourth-order valence-electron chi connectivity index (χ4n) is 7.38. The van der Waals surface area contributed by atoms with Crippen molar-refractivity contribution in [3.63, 3.8) is 0 Å². The average molecular weight is 760 g/mol. The van der Waals surface area contributed by atoms with Crippen LogP contribution in [-0.4, -0.2) is 30.5 Å². The van der Waals surface area contributed by atoms with Crippen molar-refractivity contribution < 1.29 is 21.0 Å². The summed E-state index contributed by atoms with van der Waals surface area (Å²) in [5.74, 6) is 0. The fourth-order valence-corrected chi connectivity index (χ4v) is 9.87. The van der Waals surface area contributed by atoms with E-state index >= 15 is 0 Å². The molecule has 0 aliphatic heterocycles. The monoisotopic (exact) mass is 759 g/mol. The minimum absolute atomic E-state index is 0.0316. The van der Waals surface area contributed by atoms with Crippen molar-refractivity contribution in [2.24, 2.45) is 0 Å². The maximum Gasteiger partial charge on any atom is 0.298 e. The first-order chi connectivity index (χ1) is 26.7. The van der Waals surface area contributed by atoms with Gasteiger partial charge in [-0.15, -0.1) is 0 Å². The second-order valence-corrected chi connectivity index (χ2v) is 16.5. The molecule has 6 nitrogen and oxygen atoms in total. The highest BCUT2D eigenvalue weighted by molar-refractivity contribution is 7.89. The van der Waals surface area contributed by atoms with Crippen LogP contribution in [0.15, 0.2) is 180 Å². The van der Waals surface area contributed by atoms with Crippen molar-refractivity contribution in [3.8, 4) is 55.6 Å². The van der Waals surface area contributed by atoms with Gasteiger partial charge in [-0.2, -0.15) is 8.42 Å². The predicted octanol–water partition coefficient (Wildman–Crippen LogP) is 11.0. The predicted molar refractivity (Wildman–Crippen MR) is 224 cm³/mol. The molecule has 272 valence electrons. The molecule has 0 fully saturated rings. The van der Waals surface area contributed by atoms with Crippen LogP contribution in [0.3, 0.4) is 0 Å². The summed E-state index contributed by atoms with van der Waals surface area (Å²) in [6, 6.07) is 54.0. The zero-order valence-electron chi connectivity index (χ0n) is 30.2. The molecular formula is C47H37NO5S2. The van der Waals surface area contributed by atoms with Gasteiger partial charge in [0.15, 0.2) is 0 Å². The molecule has 8 rings (SSSR count). The third kappa shape index (κ3) is 6.75. The third-order valence-corrected chi connectivity index (χ3v) is 12.9. The minimum atomic E-state index is -4.49. The van der Waals surface area contributed by atoms with Crippen LogP contribution in [0.25, 0.3) is 77.2 Å². The van der Waals surface area contributed by atoms with Gasteiger partial charge >= 0.3 is 0 Å². The number of fused-ring (bicyclic) bond motifs is 2. The smallest absolute Gasteiger partial charge is 0.267 e. The van der Waals surface area contributed by atoms with E-state index in [-0.39, 0.29) is 27.5 Å². The Kier molecular flexibility index (Phi) is 9.67. The van der Waals surface area contributed by atoms with Crippen molar-refractivity contribution in [3.05, 3.63) is 170 Å². The van der Waals surface area contributed by atoms with Gasteiger partial charge < -0.3 is 0 Å². The number of rotatable bonds is 10. The number of benzene rings is 8. The van der Waals surface area contributed by atoms with E-state index in [1.807, 2.05) is 170 Å². The van der Waals surface area contributed by atoms with Crippen LogP contribution in [-0.2, 0) is 24.3 Å². The Morgan fingerprint density at radius 2 is 0.818 bits per heavy atom. The molecule has 0 spiro atoms. The quantitative estimate of drug-likeness (QED) is 0.140. The van der Waals surface area contributed by atoms with E-state index in [2.05, 4.69) is 4.72 Å². The first-order valence-electron chi connectivity index (χ1n) is 18.0. The first kappa shape index (κ1) is 36.1. The highest BCUT2D eigenvalue weighted by atomic mass is 32.2. The molecule has 0 radical (unpaired) electrons. The SMILES string of the molecule is CCOS(=O)(=O)c1c(-c2ccc(-c3ccccc3)cc2)cc2ccccc2c1-c1c(S(=O)(=O)NC)c(-c2ccc(-c3ccccc3)cc2)cc2ccccc12. The Morgan fingerprint density at radius 1 is 0.455 bits per heavy atom. The zero-order chi connectivity index (χ0) is 38.2. The standard InChI is InChI=1S/C47H37NO5S2/c1-3-53-55(51,52)47-43(37-28-24-35(25-29-37)33-16-8-5-9-17-33)31-39-19-11-13-21-41(39)45(47)44-40-20-12-10-18-38(40)30-42(46(44)54(49,50)48-2)36-26-22-34(23-27-36)32-14-6-4-7-15-32/h4-31,48H,3H2,1-2H3. The molecule has 0 heterocycles. The van der Waals surface area contributed by atoms with Gasteiger partial charge in [-0.25, -0.2) is 13.1 Å². The van der Waals surface area contributed by atoms with Crippen LogP contribution in [0.5, 0.6) is 0 Å². The number of sulfonamides is 1. The maximum atomic E-state index is 14.7. The van der Waals surface area contributed by atoms with E-state index in [0.717, 1.165) is 33.0 Å². The lowest BCUT2D eigenvalue weighted by Gasteiger charge is -2.24. The molecule has 0 bridgehead atoms. The van der Waals surface area contributed by atoms with Gasteiger partial charge in [-0.05, 0) is 81.0 Å². The van der Waals surface area contributed by atoms with Crippen LogP contribution in [0.4, 0.5) is 0 Å². The summed E-state index contributed by atoms with van der Waals surface area (Å²) in [6.45, 7) is 1.51. The van der Waals surface area contributed by atoms with Crippen molar-refractivity contribution in [2.45, 2.75) is 16.7 Å². The lowest BCUT2D eigenvalue weighted by molar-refractivity contribution is 0.338. The molecule has 8 aromatic rings. The molecule has 0 aromatic heterocycles. The molecule has 0 atom stereocenters. The molecule has 1 N–H and O–H groups in total. The second kappa shape index (κ2) is 14.7. The average Bonchev–Trinajstić information content (AvgIpc) is 3.23. The highest BCUT2D eigenvalue weighted by Gasteiger charge is 2.33. The largest absolute Gasteiger partial charge is 0.298 e. The van der Waals surface area contributed by atoms with E-state index in [1.54, 1.807) is 6.92 Å². The van der Waals surface area contributed by atoms with Gasteiger partial charge in [-0.1, -0.05) is 158 Å². The van der Waals surface area contributed by atoms with E-state index in [1.165, 1.54) is 7.05 Å². The number of nitrogens with one attached hydrogen (secondary N) is 1. The maximum absolute atomic E-state index is 14.7. The van der Waals surface area contributed by atoms with Crippen molar-refractivity contribution in [1.29, 1.82) is 0 Å².